The zero-order valence-corrected chi connectivity index (χ0v) is 11.5. The van der Waals surface area contributed by atoms with Crippen LogP contribution in [0.5, 0.6) is 0 Å². The maximum atomic E-state index is 11.4. The van der Waals surface area contributed by atoms with Crippen LogP contribution < -0.4 is 10.4 Å². The van der Waals surface area contributed by atoms with E-state index in [0.717, 1.165) is 15.3 Å². The lowest BCUT2D eigenvalue weighted by molar-refractivity contribution is -0.129. The molecular weight excluding hydrogens is 274 g/mol. The first-order valence-electron chi connectivity index (χ1n) is 5.20. The lowest BCUT2D eigenvalue weighted by atomic mass is 10.3. The van der Waals surface area contributed by atoms with Gasteiger partial charge in [-0.25, -0.2) is 10.5 Å². The molecule has 5 nitrogen and oxygen atoms in total. The Morgan fingerprint density at radius 1 is 1.61 bits per heavy atom. The van der Waals surface area contributed by atoms with Gasteiger partial charge in [0, 0.05) is 7.05 Å². The van der Waals surface area contributed by atoms with E-state index in [1.54, 1.807) is 18.0 Å². The lowest BCUT2D eigenvalue weighted by Gasteiger charge is -2.14. The number of carbonyl (C=O) groups excluding carboxylic acids is 1. The second-order valence-electron chi connectivity index (χ2n) is 3.67. The molecule has 0 aliphatic heterocycles. The second kappa shape index (κ2) is 5.51. The standard InChI is InChI=1S/C11H12ClN3O2S/c1-15(6-9(16)14-17-2)11-13-10-7(12)4-3-5-8(10)18-11/h3-5H,6H2,1-2H3,(H,14,16). The number of halogens is 1. The fourth-order valence-corrected chi connectivity index (χ4v) is 2.72. The van der Waals surface area contributed by atoms with Gasteiger partial charge in [-0.05, 0) is 12.1 Å². The topological polar surface area (TPSA) is 54.5 Å². The van der Waals surface area contributed by atoms with E-state index in [4.69, 9.17) is 11.6 Å². The summed E-state index contributed by atoms with van der Waals surface area (Å²) >= 11 is 7.55. The fraction of sp³-hybridized carbons (Fsp3) is 0.273. The van der Waals surface area contributed by atoms with Crippen LogP contribution in [0.4, 0.5) is 5.13 Å². The number of likely N-dealkylation sites (N-methyl/N-ethyl adjacent to an activating group) is 1. The molecule has 1 N–H and O–H groups in total. The van der Waals surface area contributed by atoms with Crippen LogP contribution in [0.2, 0.25) is 5.02 Å². The second-order valence-corrected chi connectivity index (χ2v) is 5.08. The SMILES string of the molecule is CONC(=O)CN(C)c1nc2c(Cl)cccc2s1. The Bertz CT molecular complexity index is 572. The Labute approximate surface area is 113 Å². The van der Waals surface area contributed by atoms with Gasteiger partial charge < -0.3 is 4.90 Å². The molecule has 96 valence electrons. The third kappa shape index (κ3) is 2.72. The Kier molecular flexibility index (Phi) is 4.00. The van der Waals surface area contributed by atoms with E-state index in [-0.39, 0.29) is 12.5 Å². The van der Waals surface area contributed by atoms with E-state index in [1.165, 1.54) is 18.4 Å². The van der Waals surface area contributed by atoms with Crippen LogP contribution in [0, 0.1) is 0 Å². The molecule has 0 atom stereocenters. The van der Waals surface area contributed by atoms with Gasteiger partial charge in [0.15, 0.2) is 5.13 Å². The molecule has 2 rings (SSSR count). The number of fused-ring (bicyclic) bond motifs is 1. The van der Waals surface area contributed by atoms with Crippen molar-refractivity contribution in [3.63, 3.8) is 0 Å². The fourth-order valence-electron chi connectivity index (χ4n) is 1.50. The van der Waals surface area contributed by atoms with Crippen LogP contribution in [0.3, 0.4) is 0 Å². The van der Waals surface area contributed by atoms with E-state index in [1.807, 2.05) is 12.1 Å². The number of para-hydroxylation sites is 1. The highest BCUT2D eigenvalue weighted by Crippen LogP contribution is 2.31. The number of nitrogens with one attached hydrogen (secondary N) is 1. The maximum Gasteiger partial charge on any atom is 0.263 e. The van der Waals surface area contributed by atoms with E-state index >= 15 is 0 Å². The molecule has 0 saturated heterocycles. The van der Waals surface area contributed by atoms with Crippen molar-refractivity contribution in [1.82, 2.24) is 10.5 Å². The minimum atomic E-state index is -0.231. The van der Waals surface area contributed by atoms with Crippen molar-refractivity contribution in [2.75, 3.05) is 25.6 Å². The molecule has 7 heteroatoms. The molecule has 0 aliphatic carbocycles. The van der Waals surface area contributed by atoms with E-state index < -0.39 is 0 Å². The van der Waals surface area contributed by atoms with Crippen molar-refractivity contribution in [1.29, 1.82) is 0 Å². The van der Waals surface area contributed by atoms with E-state index in [2.05, 4.69) is 15.3 Å². The van der Waals surface area contributed by atoms with E-state index in [9.17, 15) is 4.79 Å². The highest BCUT2D eigenvalue weighted by molar-refractivity contribution is 7.22. The molecule has 1 heterocycles. The molecule has 0 unspecified atom stereocenters. The van der Waals surface area contributed by atoms with Crippen molar-refractivity contribution >= 4 is 44.2 Å². The summed E-state index contributed by atoms with van der Waals surface area (Å²) in [5.41, 5.74) is 3.02. The van der Waals surface area contributed by atoms with Crippen molar-refractivity contribution in [3.8, 4) is 0 Å². The smallest absolute Gasteiger partial charge is 0.263 e. The van der Waals surface area contributed by atoms with Crippen LogP contribution in [-0.4, -0.2) is 31.6 Å². The number of hydrogen-bond acceptors (Lipinski definition) is 5. The average Bonchev–Trinajstić information content (AvgIpc) is 2.74. The normalized spacial score (nSPS) is 10.6. The minimum absolute atomic E-state index is 0.172. The number of carbonyl (C=O) groups is 1. The first-order chi connectivity index (χ1) is 8.61. The number of anilines is 1. The molecule has 18 heavy (non-hydrogen) atoms. The van der Waals surface area contributed by atoms with Crippen molar-refractivity contribution in [2.24, 2.45) is 0 Å². The number of benzene rings is 1. The molecule has 1 aromatic heterocycles. The van der Waals surface area contributed by atoms with Crippen LogP contribution in [0.15, 0.2) is 18.2 Å². The molecule has 0 saturated carbocycles. The molecule has 0 spiro atoms. The Morgan fingerprint density at radius 3 is 3.06 bits per heavy atom. The van der Waals surface area contributed by atoms with Gasteiger partial charge in [-0.15, -0.1) is 0 Å². The predicted molar refractivity (Wildman–Crippen MR) is 73.1 cm³/mol. The van der Waals surface area contributed by atoms with Gasteiger partial charge in [0.25, 0.3) is 5.91 Å². The molecule has 1 aromatic carbocycles. The monoisotopic (exact) mass is 285 g/mol. The zero-order chi connectivity index (χ0) is 13.1. The summed E-state index contributed by atoms with van der Waals surface area (Å²) in [6, 6.07) is 5.63. The number of thiazole rings is 1. The maximum absolute atomic E-state index is 11.4. The first-order valence-corrected chi connectivity index (χ1v) is 6.39. The summed E-state index contributed by atoms with van der Waals surface area (Å²) < 4.78 is 0.997. The quantitative estimate of drug-likeness (QED) is 0.874. The van der Waals surface area contributed by atoms with Gasteiger partial charge in [0.2, 0.25) is 0 Å². The van der Waals surface area contributed by atoms with Gasteiger partial charge in [-0.1, -0.05) is 29.0 Å². The van der Waals surface area contributed by atoms with Crippen LogP contribution in [-0.2, 0) is 9.63 Å². The van der Waals surface area contributed by atoms with E-state index in [0.29, 0.717) is 5.02 Å². The summed E-state index contributed by atoms with van der Waals surface area (Å²) in [6.07, 6.45) is 0. The third-order valence-electron chi connectivity index (χ3n) is 2.28. The van der Waals surface area contributed by atoms with Gasteiger partial charge in [0.1, 0.15) is 12.1 Å². The number of aromatic nitrogens is 1. The highest BCUT2D eigenvalue weighted by atomic mass is 35.5. The highest BCUT2D eigenvalue weighted by Gasteiger charge is 2.13. The molecule has 0 aliphatic rings. The third-order valence-corrected chi connectivity index (χ3v) is 3.72. The summed E-state index contributed by atoms with van der Waals surface area (Å²) in [6.45, 7) is 0.172. The summed E-state index contributed by atoms with van der Waals surface area (Å²) in [4.78, 5) is 22.1. The molecule has 1 amide bonds. The van der Waals surface area contributed by atoms with Crippen LogP contribution >= 0.6 is 22.9 Å². The Morgan fingerprint density at radius 2 is 2.39 bits per heavy atom. The van der Waals surface area contributed by atoms with Crippen LogP contribution in [0.25, 0.3) is 10.2 Å². The number of amides is 1. The van der Waals surface area contributed by atoms with Gasteiger partial charge in [-0.3, -0.25) is 9.63 Å². The molecule has 0 radical (unpaired) electrons. The molecule has 0 fully saturated rings. The Hall–Kier alpha value is -1.37. The lowest BCUT2D eigenvalue weighted by Crippen LogP contribution is -2.34. The Balaban J connectivity index is 2.20. The molecule has 2 aromatic rings. The van der Waals surface area contributed by atoms with Crippen LogP contribution in [0.1, 0.15) is 0 Å². The summed E-state index contributed by atoms with van der Waals surface area (Å²) in [5.74, 6) is -0.231. The van der Waals surface area contributed by atoms with Gasteiger partial charge in [-0.2, -0.15) is 0 Å². The molecule has 0 bridgehead atoms. The largest absolute Gasteiger partial charge is 0.342 e. The summed E-state index contributed by atoms with van der Waals surface area (Å²) in [7, 11) is 3.19. The predicted octanol–water partition coefficient (Wildman–Crippen LogP) is 2.06. The summed E-state index contributed by atoms with van der Waals surface area (Å²) in [5, 5.41) is 1.36. The zero-order valence-electron chi connectivity index (χ0n) is 9.94. The average molecular weight is 286 g/mol. The van der Waals surface area contributed by atoms with Crippen molar-refractivity contribution < 1.29 is 9.63 Å². The number of hydroxylamine groups is 1. The number of nitrogens with zero attached hydrogens (tertiary/aromatic N) is 2. The van der Waals surface area contributed by atoms with Gasteiger partial charge >= 0.3 is 0 Å². The van der Waals surface area contributed by atoms with Crippen molar-refractivity contribution in [3.05, 3.63) is 23.2 Å². The number of hydrogen-bond donors (Lipinski definition) is 1. The number of rotatable bonds is 4. The first kappa shape index (κ1) is 13.1. The minimum Gasteiger partial charge on any atom is -0.342 e. The van der Waals surface area contributed by atoms with Crippen molar-refractivity contribution in [2.45, 2.75) is 0 Å². The molecular formula is C11H12ClN3O2S. The van der Waals surface area contributed by atoms with Gasteiger partial charge in [0.05, 0.1) is 16.8 Å².